The van der Waals surface area contributed by atoms with E-state index < -0.39 is 0 Å². The summed E-state index contributed by atoms with van der Waals surface area (Å²) in [5.41, 5.74) is 23.6. The van der Waals surface area contributed by atoms with E-state index in [1.807, 2.05) is 24.3 Å². The molecule has 0 saturated carbocycles. The maximum absolute atomic E-state index is 6.65. The van der Waals surface area contributed by atoms with Crippen molar-refractivity contribution >= 4 is 155 Å². The predicted molar refractivity (Wildman–Crippen MR) is 464 cm³/mol. The number of furan rings is 2. The number of benzene rings is 19. The van der Waals surface area contributed by atoms with E-state index in [1.54, 1.807) is 0 Å². The molecule has 0 aliphatic rings. The third kappa shape index (κ3) is 11.7. The van der Waals surface area contributed by atoms with Gasteiger partial charge < -0.3 is 28.4 Å². The highest BCUT2D eigenvalue weighted by molar-refractivity contribution is 6.29. The minimum absolute atomic E-state index is 0.865. The number of rotatable bonds is 15. The van der Waals surface area contributed by atoms with Gasteiger partial charge >= 0.3 is 0 Å². The Balaban J connectivity index is 0.000000144. The van der Waals surface area contributed by atoms with Crippen molar-refractivity contribution in [2.24, 2.45) is 0 Å². The molecule has 2 heterocycles. The van der Waals surface area contributed by atoms with Crippen molar-refractivity contribution in [1.29, 1.82) is 0 Å². The zero-order valence-corrected chi connectivity index (χ0v) is 60.0. The highest BCUT2D eigenvalue weighted by Crippen LogP contribution is 2.51. The molecule has 2 aromatic heterocycles. The van der Waals surface area contributed by atoms with Gasteiger partial charge in [-0.25, -0.2) is 0 Å². The molecule has 110 heavy (non-hydrogen) atoms. The van der Waals surface area contributed by atoms with Crippen molar-refractivity contribution in [2.75, 3.05) is 19.6 Å². The fraction of sp³-hybridized carbons (Fsp3) is 0. The zero-order chi connectivity index (χ0) is 72.9. The van der Waals surface area contributed by atoms with E-state index in [1.165, 1.54) is 76.5 Å². The van der Waals surface area contributed by atoms with Gasteiger partial charge in [0.05, 0.1) is 28.4 Å². The lowest BCUT2D eigenvalue weighted by Gasteiger charge is -2.29. The lowest BCUT2D eigenvalue weighted by molar-refractivity contribution is 0.669. The number of anilines is 12. The van der Waals surface area contributed by atoms with Crippen molar-refractivity contribution in [3.63, 3.8) is 0 Å². The molecule has 6 nitrogen and oxygen atoms in total. The van der Waals surface area contributed by atoms with E-state index in [2.05, 4.69) is 420 Å². The van der Waals surface area contributed by atoms with E-state index in [0.29, 0.717) is 0 Å². The van der Waals surface area contributed by atoms with Crippen LogP contribution in [0.3, 0.4) is 0 Å². The Morgan fingerprint density at radius 2 is 0.427 bits per heavy atom. The second-order valence-corrected chi connectivity index (χ2v) is 27.9. The van der Waals surface area contributed by atoms with Crippen molar-refractivity contribution < 1.29 is 8.83 Å². The second-order valence-electron chi connectivity index (χ2n) is 27.9. The molecule has 0 spiro atoms. The van der Waals surface area contributed by atoms with Crippen LogP contribution in [0.4, 0.5) is 68.2 Å². The van der Waals surface area contributed by atoms with Crippen LogP contribution in [0.1, 0.15) is 0 Å². The Kier molecular flexibility index (Phi) is 16.5. The third-order valence-electron chi connectivity index (χ3n) is 21.4. The number of hydrogen-bond acceptors (Lipinski definition) is 6. The van der Waals surface area contributed by atoms with Crippen LogP contribution >= 0.6 is 0 Å². The summed E-state index contributed by atoms with van der Waals surface area (Å²) in [5, 5.41) is 14.0. The zero-order valence-electron chi connectivity index (χ0n) is 60.0. The lowest BCUT2D eigenvalue weighted by Crippen LogP contribution is -2.11. The summed E-state index contributed by atoms with van der Waals surface area (Å²) in [5.74, 6) is 0. The van der Waals surface area contributed by atoms with Gasteiger partial charge in [0, 0.05) is 77.5 Å². The Morgan fingerprint density at radius 3 is 0.845 bits per heavy atom. The van der Waals surface area contributed by atoms with Crippen LogP contribution in [-0.2, 0) is 0 Å². The van der Waals surface area contributed by atoms with Gasteiger partial charge in [-0.2, -0.15) is 0 Å². The fourth-order valence-corrected chi connectivity index (χ4v) is 16.3. The molecule has 0 fully saturated rings. The Hall–Kier alpha value is -14.7. The molecule has 518 valence electrons. The lowest BCUT2D eigenvalue weighted by atomic mass is 9.91. The SMILES string of the molecule is c1ccc(-c2ccc(N(c3ccc(-c4ccccc4)cc3)c3ccc(-c4ccc(N(c5ccccc5)c5cccc6ccccc56)cc4)cc3)cc2)cc1.c1ccc(N(c2ccc3ccc4c(N(c5ccccc5)c5cccc6c5oc5ccccc56)ccc5ccc2c3c54)c2cccc3c2oc2ccccc23)cc1. The minimum Gasteiger partial charge on any atom is -0.454 e. The molecule has 0 bridgehead atoms. The summed E-state index contributed by atoms with van der Waals surface area (Å²) in [7, 11) is 0. The summed E-state index contributed by atoms with van der Waals surface area (Å²) in [6, 6.07) is 151. The van der Waals surface area contributed by atoms with E-state index in [-0.39, 0.29) is 0 Å². The molecule has 6 heteroatoms. The highest BCUT2D eigenvalue weighted by Gasteiger charge is 2.27. The normalized spacial score (nSPS) is 11.5. The maximum atomic E-state index is 6.65. The van der Waals surface area contributed by atoms with Gasteiger partial charge in [-0.15, -0.1) is 0 Å². The van der Waals surface area contributed by atoms with Crippen LogP contribution in [0.25, 0.3) is 120 Å². The first-order valence-corrected chi connectivity index (χ1v) is 37.4. The average molecular weight is 1410 g/mol. The highest BCUT2D eigenvalue weighted by atomic mass is 16.3. The van der Waals surface area contributed by atoms with Gasteiger partial charge in [0.15, 0.2) is 11.2 Å². The topological polar surface area (TPSA) is 39.2 Å². The van der Waals surface area contributed by atoms with Crippen molar-refractivity contribution in [2.45, 2.75) is 0 Å². The van der Waals surface area contributed by atoms with Gasteiger partial charge in [-0.3, -0.25) is 0 Å². The molecule has 21 aromatic rings. The van der Waals surface area contributed by atoms with Gasteiger partial charge in [0.1, 0.15) is 11.2 Å². The van der Waals surface area contributed by atoms with Crippen LogP contribution < -0.4 is 19.6 Å². The summed E-state index contributed by atoms with van der Waals surface area (Å²) >= 11 is 0. The van der Waals surface area contributed by atoms with Gasteiger partial charge in [0.2, 0.25) is 0 Å². The molecule has 0 aliphatic heterocycles. The van der Waals surface area contributed by atoms with E-state index >= 15 is 0 Å². The second kappa shape index (κ2) is 28.0. The maximum Gasteiger partial charge on any atom is 0.159 e. The Labute approximate surface area is 637 Å². The van der Waals surface area contributed by atoms with Crippen molar-refractivity contribution in [1.82, 2.24) is 0 Å². The molecule has 0 N–H and O–H groups in total. The molecule has 0 radical (unpaired) electrons. The van der Waals surface area contributed by atoms with E-state index in [9.17, 15) is 0 Å². The predicted octanol–water partition coefficient (Wildman–Crippen LogP) is 30.1. The van der Waals surface area contributed by atoms with Gasteiger partial charge in [-0.05, 0) is 188 Å². The Bertz CT molecular complexity index is 6550. The molecule has 0 aliphatic carbocycles. The van der Waals surface area contributed by atoms with Crippen molar-refractivity contribution in [3.05, 3.63) is 425 Å². The van der Waals surface area contributed by atoms with Crippen molar-refractivity contribution in [3.8, 4) is 33.4 Å². The average Bonchev–Trinajstić information content (AvgIpc) is 1.22. The monoisotopic (exact) mass is 1410 g/mol. The first-order valence-electron chi connectivity index (χ1n) is 37.4. The van der Waals surface area contributed by atoms with Crippen LogP contribution in [-0.4, -0.2) is 0 Å². The number of hydrogen-bond donors (Lipinski definition) is 0. The third-order valence-corrected chi connectivity index (χ3v) is 21.4. The first kappa shape index (κ1) is 64.8. The number of fused-ring (bicyclic) bond motifs is 7. The quantitative estimate of drug-likeness (QED) is 0.0953. The van der Waals surface area contributed by atoms with Gasteiger partial charge in [-0.1, -0.05) is 297 Å². The summed E-state index contributed by atoms with van der Waals surface area (Å²) < 4.78 is 13.3. The molecule has 0 saturated heterocycles. The first-order chi connectivity index (χ1) is 54.6. The van der Waals surface area contributed by atoms with E-state index in [4.69, 9.17) is 8.83 Å². The molecule has 0 unspecified atom stereocenters. The van der Waals surface area contributed by atoms with Gasteiger partial charge in [0.25, 0.3) is 0 Å². The molecule has 21 rings (SSSR count). The van der Waals surface area contributed by atoms with Crippen LogP contribution in [0.15, 0.2) is 433 Å². The fourth-order valence-electron chi connectivity index (χ4n) is 16.3. The van der Waals surface area contributed by atoms with E-state index in [0.717, 1.165) is 112 Å². The summed E-state index contributed by atoms with van der Waals surface area (Å²) in [6.45, 7) is 0. The molecule has 0 atom stereocenters. The van der Waals surface area contributed by atoms with Crippen LogP contribution in [0.2, 0.25) is 0 Å². The smallest absolute Gasteiger partial charge is 0.159 e. The molecule has 0 amide bonds. The van der Waals surface area contributed by atoms with Crippen LogP contribution in [0.5, 0.6) is 0 Å². The Morgan fingerprint density at radius 1 is 0.145 bits per heavy atom. The summed E-state index contributed by atoms with van der Waals surface area (Å²) in [4.78, 5) is 9.39. The minimum atomic E-state index is 0.865. The molecular weight excluding hydrogens is 1340 g/mol. The standard InChI is InChI=1S/C52H32N2O2.C52H38N2/c1-3-13-35(14-4-1)53(45-21-11-19-39-37-17-7-9-23-47(37)55-51(39)45)43-31-27-33-26-30-42-44(32-28-34-25-29-41(43)49(33)50(34)42)54(36-15-5-2-6-16-36)46-22-12-20-40-38-18-8-10-24-48(38)56-52(40)46;1-4-13-39(14-5-1)41-23-31-47(32-24-41)53(48-33-25-42(26-34-48)40-15-6-2-7-16-40)49-35-27-43(28-36-49)44-29-37-50(38-30-44)54(46-19-8-3-9-20-46)52-22-12-18-45-17-10-11-21-51(45)52/h1-32H;1-38H. The largest absolute Gasteiger partial charge is 0.454 e. The van der Waals surface area contributed by atoms with Crippen LogP contribution in [0, 0.1) is 0 Å². The number of nitrogens with zero attached hydrogens (tertiary/aromatic N) is 4. The molecular formula is C104H70N4O2. The number of para-hydroxylation sites is 7. The molecule has 19 aromatic carbocycles. The summed E-state index contributed by atoms with van der Waals surface area (Å²) in [6.07, 6.45) is 0.